The second-order valence-corrected chi connectivity index (χ2v) is 4.99. The minimum Gasteiger partial charge on any atom is -0.478 e. The predicted octanol–water partition coefficient (Wildman–Crippen LogP) is 1.18. The Labute approximate surface area is 104 Å². The molecule has 0 atom stereocenters. The molecule has 18 heavy (non-hydrogen) atoms. The van der Waals surface area contributed by atoms with Crippen LogP contribution in [0.3, 0.4) is 0 Å². The number of anilines is 1. The number of nitrogens with one attached hydrogen (secondary N) is 2. The van der Waals surface area contributed by atoms with E-state index >= 15 is 0 Å². The highest BCUT2D eigenvalue weighted by atomic mass is 32.2. The molecule has 0 bridgehead atoms. The second-order valence-electron chi connectivity index (χ2n) is 3.49. The molecule has 0 saturated carbocycles. The van der Waals surface area contributed by atoms with E-state index in [1.165, 1.54) is 0 Å². The zero-order valence-electron chi connectivity index (χ0n) is 9.60. The summed E-state index contributed by atoms with van der Waals surface area (Å²) in [6, 6.07) is 2.79. The maximum absolute atomic E-state index is 12.9. The van der Waals surface area contributed by atoms with E-state index < -0.39 is 27.6 Å². The number of rotatable bonds is 6. The molecule has 1 aromatic carbocycles. The van der Waals surface area contributed by atoms with E-state index in [1.54, 1.807) is 6.92 Å². The van der Waals surface area contributed by atoms with Crippen LogP contribution >= 0.6 is 0 Å². The van der Waals surface area contributed by atoms with Gasteiger partial charge in [-0.25, -0.2) is 9.18 Å². The molecule has 0 spiro atoms. The van der Waals surface area contributed by atoms with Crippen molar-refractivity contribution in [2.45, 2.75) is 13.3 Å². The molecular formula is C10H13FN2O4S. The lowest BCUT2D eigenvalue weighted by atomic mass is 10.2. The Morgan fingerprint density at radius 3 is 2.67 bits per heavy atom. The van der Waals surface area contributed by atoms with Gasteiger partial charge in [0.05, 0.1) is 11.3 Å². The van der Waals surface area contributed by atoms with Gasteiger partial charge in [-0.3, -0.25) is 4.72 Å². The molecular weight excluding hydrogens is 263 g/mol. The molecule has 0 aliphatic heterocycles. The Bertz CT molecular complexity index is 545. The quantitative estimate of drug-likeness (QED) is 0.727. The Morgan fingerprint density at radius 2 is 2.11 bits per heavy atom. The second kappa shape index (κ2) is 5.78. The number of halogens is 1. The summed E-state index contributed by atoms with van der Waals surface area (Å²) in [5.74, 6) is -2.17. The number of benzene rings is 1. The van der Waals surface area contributed by atoms with Crippen LogP contribution in [0.15, 0.2) is 18.2 Å². The first-order chi connectivity index (χ1) is 8.35. The lowest BCUT2D eigenvalue weighted by Gasteiger charge is -2.10. The van der Waals surface area contributed by atoms with Gasteiger partial charge >= 0.3 is 5.97 Å². The van der Waals surface area contributed by atoms with Crippen molar-refractivity contribution in [2.24, 2.45) is 0 Å². The highest BCUT2D eigenvalue weighted by molar-refractivity contribution is 7.90. The van der Waals surface area contributed by atoms with E-state index in [4.69, 9.17) is 5.11 Å². The van der Waals surface area contributed by atoms with Crippen LogP contribution in [0.5, 0.6) is 0 Å². The van der Waals surface area contributed by atoms with E-state index in [0.717, 1.165) is 18.2 Å². The van der Waals surface area contributed by atoms with Gasteiger partial charge < -0.3 is 5.11 Å². The first-order valence-corrected chi connectivity index (χ1v) is 6.64. The van der Waals surface area contributed by atoms with Crippen molar-refractivity contribution in [2.75, 3.05) is 11.3 Å². The normalized spacial score (nSPS) is 11.2. The lowest BCUT2D eigenvalue weighted by Crippen LogP contribution is -2.31. The zero-order chi connectivity index (χ0) is 13.8. The Balaban J connectivity index is 3.01. The van der Waals surface area contributed by atoms with Crippen LogP contribution in [0, 0.1) is 5.82 Å². The third kappa shape index (κ3) is 3.97. The van der Waals surface area contributed by atoms with E-state index in [2.05, 4.69) is 4.72 Å². The summed E-state index contributed by atoms with van der Waals surface area (Å²) in [4.78, 5) is 10.9. The summed E-state index contributed by atoms with van der Waals surface area (Å²) >= 11 is 0. The zero-order valence-corrected chi connectivity index (χ0v) is 10.4. The summed E-state index contributed by atoms with van der Waals surface area (Å²) in [5, 5.41) is 8.84. The first kappa shape index (κ1) is 14.4. The van der Waals surface area contributed by atoms with Gasteiger partial charge in [-0.2, -0.15) is 13.1 Å². The minimum absolute atomic E-state index is 0.187. The van der Waals surface area contributed by atoms with Gasteiger partial charge in [0.25, 0.3) is 10.2 Å². The highest BCUT2D eigenvalue weighted by Crippen LogP contribution is 2.18. The molecule has 6 nitrogen and oxygen atoms in total. The summed E-state index contributed by atoms with van der Waals surface area (Å²) in [6.45, 7) is 2.00. The van der Waals surface area contributed by atoms with Crippen LogP contribution < -0.4 is 9.44 Å². The number of hydrogen-bond donors (Lipinski definition) is 3. The van der Waals surface area contributed by atoms with E-state index in [1.807, 2.05) is 4.72 Å². The monoisotopic (exact) mass is 276 g/mol. The van der Waals surface area contributed by atoms with Crippen LogP contribution in [0.1, 0.15) is 23.7 Å². The van der Waals surface area contributed by atoms with Crippen LogP contribution in [0.4, 0.5) is 10.1 Å². The van der Waals surface area contributed by atoms with E-state index in [9.17, 15) is 17.6 Å². The molecule has 3 N–H and O–H groups in total. The summed E-state index contributed by atoms with van der Waals surface area (Å²) in [6.07, 6.45) is 0.593. The van der Waals surface area contributed by atoms with Crippen molar-refractivity contribution in [1.29, 1.82) is 0 Å². The smallest absolute Gasteiger partial charge is 0.337 e. The van der Waals surface area contributed by atoms with E-state index in [0.29, 0.717) is 6.42 Å². The Kier molecular flexibility index (Phi) is 4.62. The summed E-state index contributed by atoms with van der Waals surface area (Å²) in [7, 11) is -3.85. The topological polar surface area (TPSA) is 95.5 Å². The van der Waals surface area contributed by atoms with Crippen LogP contribution in [-0.4, -0.2) is 26.0 Å². The largest absolute Gasteiger partial charge is 0.478 e. The molecule has 0 saturated heterocycles. The number of carboxylic acid groups (broad SMARTS) is 1. The summed E-state index contributed by atoms with van der Waals surface area (Å²) < 4.78 is 40.2. The number of aromatic carboxylic acids is 1. The standard InChI is InChI=1S/C10H13FN2O4S/c1-2-5-12-18(16,17)13-9-4-3-7(11)6-8(9)10(14)15/h3-4,6,12-13H,2,5H2,1H3,(H,14,15). The molecule has 0 aromatic heterocycles. The molecule has 0 amide bonds. The SMILES string of the molecule is CCCNS(=O)(=O)Nc1ccc(F)cc1C(=O)O. The fraction of sp³-hybridized carbons (Fsp3) is 0.300. The molecule has 0 radical (unpaired) electrons. The van der Waals surface area contributed by atoms with Gasteiger partial charge in [0.2, 0.25) is 0 Å². The van der Waals surface area contributed by atoms with Gasteiger partial charge in [-0.15, -0.1) is 0 Å². The van der Waals surface area contributed by atoms with E-state index in [-0.39, 0.29) is 12.2 Å². The highest BCUT2D eigenvalue weighted by Gasteiger charge is 2.16. The molecule has 8 heteroatoms. The molecule has 100 valence electrons. The minimum atomic E-state index is -3.85. The maximum Gasteiger partial charge on any atom is 0.337 e. The van der Waals surface area contributed by atoms with Crippen molar-refractivity contribution in [3.05, 3.63) is 29.6 Å². The van der Waals surface area contributed by atoms with Crippen molar-refractivity contribution in [1.82, 2.24) is 4.72 Å². The molecule has 1 rings (SSSR count). The maximum atomic E-state index is 12.9. The van der Waals surface area contributed by atoms with Crippen LogP contribution in [-0.2, 0) is 10.2 Å². The van der Waals surface area contributed by atoms with Crippen LogP contribution in [0.2, 0.25) is 0 Å². The van der Waals surface area contributed by atoms with Gasteiger partial charge in [0, 0.05) is 6.54 Å². The number of carboxylic acids is 1. The average molecular weight is 276 g/mol. The fourth-order valence-electron chi connectivity index (χ4n) is 1.20. The van der Waals surface area contributed by atoms with Crippen molar-refractivity contribution >= 4 is 21.9 Å². The molecule has 0 aliphatic rings. The first-order valence-electron chi connectivity index (χ1n) is 5.16. The molecule has 0 aliphatic carbocycles. The number of hydrogen-bond acceptors (Lipinski definition) is 3. The third-order valence-corrected chi connectivity index (χ3v) is 3.07. The van der Waals surface area contributed by atoms with Gasteiger partial charge in [-0.1, -0.05) is 6.92 Å². The Morgan fingerprint density at radius 1 is 1.44 bits per heavy atom. The summed E-state index contributed by atoms with van der Waals surface area (Å²) in [5.41, 5.74) is -0.635. The van der Waals surface area contributed by atoms with Gasteiger partial charge in [0.15, 0.2) is 0 Å². The van der Waals surface area contributed by atoms with Crippen molar-refractivity contribution < 1.29 is 22.7 Å². The molecule has 0 fully saturated rings. The van der Waals surface area contributed by atoms with Crippen molar-refractivity contribution in [3.63, 3.8) is 0 Å². The average Bonchev–Trinajstić information content (AvgIpc) is 2.28. The third-order valence-electron chi connectivity index (χ3n) is 2.00. The lowest BCUT2D eigenvalue weighted by molar-refractivity contribution is 0.0697. The van der Waals surface area contributed by atoms with Crippen LogP contribution in [0.25, 0.3) is 0 Å². The van der Waals surface area contributed by atoms with Gasteiger partial charge in [-0.05, 0) is 24.6 Å². The predicted molar refractivity (Wildman–Crippen MR) is 64.2 cm³/mol. The van der Waals surface area contributed by atoms with Crippen molar-refractivity contribution in [3.8, 4) is 0 Å². The molecule has 1 aromatic rings. The Hall–Kier alpha value is -1.67. The molecule has 0 heterocycles. The molecule has 0 unspecified atom stereocenters. The van der Waals surface area contributed by atoms with Gasteiger partial charge in [0.1, 0.15) is 5.82 Å². The fourth-order valence-corrected chi connectivity index (χ4v) is 2.21. The number of carbonyl (C=O) groups is 1.